The molecule has 1 heterocycles. The lowest BCUT2D eigenvalue weighted by atomic mass is 9.87. The highest BCUT2D eigenvalue weighted by molar-refractivity contribution is 9.10. The Kier molecular flexibility index (Phi) is 4.65. The van der Waals surface area contributed by atoms with Crippen LogP contribution in [-0.4, -0.2) is 7.05 Å². The average Bonchev–Trinajstić information content (AvgIpc) is 2.41. The molecule has 1 unspecified atom stereocenters. The second-order valence-corrected chi connectivity index (χ2v) is 7.42. The maximum absolute atomic E-state index is 6.05. The van der Waals surface area contributed by atoms with Gasteiger partial charge in [-0.25, -0.2) is 0 Å². The molecule has 0 aliphatic carbocycles. The maximum atomic E-state index is 6.05. The van der Waals surface area contributed by atoms with Crippen molar-refractivity contribution in [1.29, 1.82) is 0 Å². The van der Waals surface area contributed by atoms with Crippen LogP contribution in [0.5, 0.6) is 0 Å². The number of rotatable bonds is 3. The van der Waals surface area contributed by atoms with Crippen LogP contribution in [0.3, 0.4) is 0 Å². The molecule has 0 aliphatic heterocycles. The van der Waals surface area contributed by atoms with Crippen molar-refractivity contribution in [2.24, 2.45) is 5.41 Å². The molecule has 0 radical (unpaired) electrons. The minimum Gasteiger partial charge on any atom is -0.312 e. The van der Waals surface area contributed by atoms with Crippen LogP contribution in [0.25, 0.3) is 0 Å². The first-order chi connectivity index (χ1) is 6.83. The smallest absolute Gasteiger partial charge is 0.107 e. The van der Waals surface area contributed by atoms with E-state index >= 15 is 0 Å². The summed E-state index contributed by atoms with van der Waals surface area (Å²) in [6, 6.07) is 2.50. The molecule has 1 N–H and O–H groups in total. The number of hydrogen-bond acceptors (Lipinski definition) is 2. The van der Waals surface area contributed by atoms with E-state index in [0.717, 1.165) is 15.2 Å². The van der Waals surface area contributed by atoms with Crippen LogP contribution >= 0.6 is 38.9 Å². The summed E-state index contributed by atoms with van der Waals surface area (Å²) in [5.74, 6) is 0. The first kappa shape index (κ1) is 13.5. The Hall–Kier alpha value is 0.430. The lowest BCUT2D eigenvalue weighted by molar-refractivity contribution is 0.323. The van der Waals surface area contributed by atoms with Crippen molar-refractivity contribution >= 4 is 38.9 Å². The topological polar surface area (TPSA) is 12.0 Å². The molecule has 4 heteroatoms. The van der Waals surface area contributed by atoms with Gasteiger partial charge in [0.2, 0.25) is 0 Å². The molecule has 0 amide bonds. The van der Waals surface area contributed by atoms with Gasteiger partial charge in [0.1, 0.15) is 4.34 Å². The van der Waals surface area contributed by atoms with E-state index < -0.39 is 0 Å². The van der Waals surface area contributed by atoms with E-state index in [9.17, 15) is 0 Å². The van der Waals surface area contributed by atoms with E-state index in [-0.39, 0.29) is 0 Å². The molecule has 0 saturated heterocycles. The van der Waals surface area contributed by atoms with Gasteiger partial charge in [-0.2, -0.15) is 0 Å². The number of nitrogens with one attached hydrogen (secondary N) is 1. The third-order valence-corrected chi connectivity index (χ3v) is 4.76. The largest absolute Gasteiger partial charge is 0.312 e. The number of thiophene rings is 1. The summed E-state index contributed by atoms with van der Waals surface area (Å²) in [5.41, 5.74) is 0.316. The van der Waals surface area contributed by atoms with Crippen LogP contribution in [0, 0.1) is 5.41 Å². The molecule has 1 nitrogen and oxygen atoms in total. The van der Waals surface area contributed by atoms with Crippen LogP contribution in [0.1, 0.15) is 38.1 Å². The monoisotopic (exact) mass is 309 g/mol. The fourth-order valence-corrected chi connectivity index (χ4v) is 3.34. The zero-order valence-electron chi connectivity index (χ0n) is 9.53. The first-order valence-corrected chi connectivity index (χ1v) is 6.94. The van der Waals surface area contributed by atoms with Crippen molar-refractivity contribution in [1.82, 2.24) is 5.32 Å². The Labute approximate surface area is 109 Å². The fraction of sp³-hybridized carbons (Fsp3) is 0.636. The van der Waals surface area contributed by atoms with Crippen molar-refractivity contribution in [3.05, 3.63) is 19.8 Å². The van der Waals surface area contributed by atoms with Gasteiger partial charge < -0.3 is 5.32 Å². The lowest BCUT2D eigenvalue weighted by Crippen LogP contribution is -2.21. The van der Waals surface area contributed by atoms with E-state index in [1.807, 2.05) is 7.05 Å². The molecular weight excluding hydrogens is 294 g/mol. The molecule has 1 rings (SSSR count). The van der Waals surface area contributed by atoms with Crippen molar-refractivity contribution in [3.8, 4) is 0 Å². The maximum Gasteiger partial charge on any atom is 0.107 e. The normalized spacial score (nSPS) is 14.3. The van der Waals surface area contributed by atoms with Gasteiger partial charge in [-0.1, -0.05) is 32.4 Å². The highest BCUT2D eigenvalue weighted by atomic mass is 79.9. The Morgan fingerprint density at radius 2 is 2.13 bits per heavy atom. The molecule has 0 aromatic carbocycles. The standard InChI is InChI=1S/C11H17BrClNS/c1-11(2,3)6-8(14-4)9-5-7(12)10(13)15-9/h5,8,14H,6H2,1-4H3. The summed E-state index contributed by atoms with van der Waals surface area (Å²) in [6.07, 6.45) is 1.10. The summed E-state index contributed by atoms with van der Waals surface area (Å²) in [4.78, 5) is 1.30. The Bertz CT molecular complexity index is 310. The van der Waals surface area contributed by atoms with Crippen LogP contribution < -0.4 is 5.32 Å². The SMILES string of the molecule is CNC(CC(C)(C)C)c1cc(Br)c(Cl)s1. The van der Waals surface area contributed by atoms with Crippen molar-refractivity contribution < 1.29 is 0 Å². The Morgan fingerprint density at radius 1 is 1.53 bits per heavy atom. The molecule has 0 spiro atoms. The van der Waals surface area contributed by atoms with E-state index in [1.165, 1.54) is 4.88 Å². The quantitative estimate of drug-likeness (QED) is 0.840. The molecule has 86 valence electrons. The molecule has 0 bridgehead atoms. The second kappa shape index (κ2) is 5.17. The Morgan fingerprint density at radius 3 is 2.47 bits per heavy atom. The van der Waals surface area contributed by atoms with Crippen molar-refractivity contribution in [2.45, 2.75) is 33.2 Å². The highest BCUT2D eigenvalue weighted by Gasteiger charge is 2.21. The van der Waals surface area contributed by atoms with E-state index in [0.29, 0.717) is 11.5 Å². The van der Waals surface area contributed by atoms with Gasteiger partial charge in [-0.05, 0) is 40.9 Å². The van der Waals surface area contributed by atoms with Crippen LogP contribution in [0.15, 0.2) is 10.5 Å². The molecular formula is C11H17BrClNS. The van der Waals surface area contributed by atoms with Gasteiger partial charge in [0, 0.05) is 15.4 Å². The first-order valence-electron chi connectivity index (χ1n) is 4.95. The lowest BCUT2D eigenvalue weighted by Gasteiger charge is -2.24. The molecule has 0 fully saturated rings. The molecule has 15 heavy (non-hydrogen) atoms. The van der Waals surface area contributed by atoms with E-state index in [4.69, 9.17) is 11.6 Å². The molecule has 1 atom stereocenters. The molecule has 0 saturated carbocycles. The number of hydrogen-bond donors (Lipinski definition) is 1. The van der Waals surface area contributed by atoms with Crippen LogP contribution in [-0.2, 0) is 0 Å². The van der Waals surface area contributed by atoms with Crippen molar-refractivity contribution in [3.63, 3.8) is 0 Å². The summed E-state index contributed by atoms with van der Waals surface area (Å²) >= 11 is 11.1. The van der Waals surface area contributed by atoms with Crippen LogP contribution in [0.2, 0.25) is 4.34 Å². The second-order valence-electron chi connectivity index (χ2n) is 4.88. The minimum atomic E-state index is 0.316. The average molecular weight is 311 g/mol. The van der Waals surface area contributed by atoms with E-state index in [2.05, 4.69) is 48.1 Å². The molecule has 0 aliphatic rings. The summed E-state index contributed by atoms with van der Waals surface area (Å²) in [5, 5.41) is 3.35. The fourth-order valence-electron chi connectivity index (χ4n) is 1.49. The van der Waals surface area contributed by atoms with Gasteiger partial charge >= 0.3 is 0 Å². The van der Waals surface area contributed by atoms with E-state index in [1.54, 1.807) is 11.3 Å². The predicted molar refractivity (Wildman–Crippen MR) is 72.9 cm³/mol. The van der Waals surface area contributed by atoms with Crippen LogP contribution in [0.4, 0.5) is 0 Å². The predicted octanol–water partition coefficient (Wildman–Crippen LogP) is 4.86. The third kappa shape index (κ3) is 4.06. The van der Waals surface area contributed by atoms with Gasteiger partial charge in [-0.15, -0.1) is 11.3 Å². The zero-order valence-corrected chi connectivity index (χ0v) is 12.7. The number of halogens is 2. The van der Waals surface area contributed by atoms with Gasteiger partial charge in [0.25, 0.3) is 0 Å². The van der Waals surface area contributed by atoms with Gasteiger partial charge in [0.15, 0.2) is 0 Å². The third-order valence-electron chi connectivity index (χ3n) is 2.17. The highest BCUT2D eigenvalue weighted by Crippen LogP contribution is 2.38. The summed E-state index contributed by atoms with van der Waals surface area (Å²) in [7, 11) is 2.00. The molecule has 1 aromatic rings. The molecule has 1 aromatic heterocycles. The summed E-state index contributed by atoms with van der Waals surface area (Å²) in [6.45, 7) is 6.75. The minimum absolute atomic E-state index is 0.316. The Balaban J connectivity index is 2.83. The zero-order chi connectivity index (χ0) is 11.6. The summed E-state index contributed by atoms with van der Waals surface area (Å²) < 4.78 is 1.83. The van der Waals surface area contributed by atoms with Gasteiger partial charge in [0.05, 0.1) is 0 Å². The van der Waals surface area contributed by atoms with Gasteiger partial charge in [-0.3, -0.25) is 0 Å². The van der Waals surface area contributed by atoms with Crippen molar-refractivity contribution in [2.75, 3.05) is 7.05 Å².